The molecule has 0 atom stereocenters. The standard InChI is InChI=1S/C12H14OSe2/c1-9-5-3-4-6-11(9)12(14)15-8-7-10(2)13/h3-6H,7-8H2,1-2H3. The summed E-state index contributed by atoms with van der Waals surface area (Å²) in [5, 5.41) is 0.999. The fraction of sp³-hybridized carbons (Fsp3) is 0.333. The molecule has 1 aromatic carbocycles. The number of benzene rings is 1. The predicted molar refractivity (Wildman–Crippen MR) is 66.9 cm³/mol. The monoisotopic (exact) mass is 334 g/mol. The van der Waals surface area contributed by atoms with Crippen LogP contribution >= 0.6 is 0 Å². The topological polar surface area (TPSA) is 17.1 Å². The van der Waals surface area contributed by atoms with Gasteiger partial charge < -0.3 is 0 Å². The van der Waals surface area contributed by atoms with Gasteiger partial charge in [0.1, 0.15) is 0 Å². The van der Waals surface area contributed by atoms with Crippen LogP contribution in [-0.4, -0.2) is 39.6 Å². The van der Waals surface area contributed by atoms with Crippen LogP contribution in [0.5, 0.6) is 0 Å². The number of ketones is 1. The molecule has 0 bridgehead atoms. The molecule has 0 saturated carbocycles. The molecule has 0 aliphatic heterocycles. The number of carbonyl (C=O) groups is 1. The number of rotatable bonds is 5. The van der Waals surface area contributed by atoms with Crippen molar-refractivity contribution >= 4 is 39.6 Å². The Morgan fingerprint density at radius 3 is 2.67 bits per heavy atom. The Bertz CT molecular complexity index is 372. The third-order valence-corrected chi connectivity index (χ3v) is 5.67. The summed E-state index contributed by atoms with van der Waals surface area (Å²) < 4.78 is 1.32. The molecular weight excluding hydrogens is 318 g/mol. The van der Waals surface area contributed by atoms with Crippen LogP contribution in [0.2, 0.25) is 5.32 Å². The molecule has 0 amide bonds. The van der Waals surface area contributed by atoms with Crippen LogP contribution in [0.3, 0.4) is 0 Å². The molecule has 0 fully saturated rings. The number of carbonyl (C=O) groups excluding carboxylic acids is 1. The Hall–Kier alpha value is -0.201. The van der Waals surface area contributed by atoms with Gasteiger partial charge in [-0.3, -0.25) is 0 Å². The van der Waals surface area contributed by atoms with E-state index in [2.05, 4.69) is 46.8 Å². The second kappa shape index (κ2) is 6.40. The zero-order chi connectivity index (χ0) is 11.3. The molecule has 0 spiro atoms. The van der Waals surface area contributed by atoms with Crippen molar-refractivity contribution in [2.45, 2.75) is 25.6 Å². The second-order valence-electron chi connectivity index (χ2n) is 3.40. The van der Waals surface area contributed by atoms with E-state index in [9.17, 15) is 4.79 Å². The maximum absolute atomic E-state index is 10.8. The quantitative estimate of drug-likeness (QED) is 0.751. The van der Waals surface area contributed by atoms with Crippen LogP contribution in [0.25, 0.3) is 0 Å². The van der Waals surface area contributed by atoms with Gasteiger partial charge in [0.05, 0.1) is 0 Å². The third-order valence-electron chi connectivity index (χ3n) is 2.05. The van der Waals surface area contributed by atoms with Gasteiger partial charge in [0.15, 0.2) is 0 Å². The Kier molecular flexibility index (Phi) is 5.49. The molecule has 1 aromatic rings. The summed E-state index contributed by atoms with van der Waals surface area (Å²) in [6.45, 7) is 3.77. The summed E-state index contributed by atoms with van der Waals surface area (Å²) in [5.74, 6) is 0.287. The van der Waals surface area contributed by atoms with Gasteiger partial charge in [-0.15, -0.1) is 0 Å². The zero-order valence-corrected chi connectivity index (χ0v) is 12.4. The molecule has 0 unspecified atom stereocenters. The molecule has 0 heterocycles. The fourth-order valence-electron chi connectivity index (χ4n) is 1.17. The molecule has 0 aromatic heterocycles. The van der Waals surface area contributed by atoms with Gasteiger partial charge in [-0.2, -0.15) is 0 Å². The van der Waals surface area contributed by atoms with E-state index in [-0.39, 0.29) is 5.78 Å². The minimum atomic E-state index is 0.287. The second-order valence-corrected chi connectivity index (χ2v) is 7.89. The summed E-state index contributed by atoms with van der Waals surface area (Å²) in [6.07, 6.45) is 0.705. The summed E-state index contributed by atoms with van der Waals surface area (Å²) in [6, 6.07) is 8.36. The van der Waals surface area contributed by atoms with Gasteiger partial charge in [-0.25, -0.2) is 0 Å². The van der Waals surface area contributed by atoms with Crippen molar-refractivity contribution in [3.63, 3.8) is 0 Å². The van der Waals surface area contributed by atoms with Crippen molar-refractivity contribution in [2.75, 3.05) is 0 Å². The van der Waals surface area contributed by atoms with Crippen LogP contribution < -0.4 is 0 Å². The number of aryl methyl sites for hydroxylation is 1. The molecule has 0 radical (unpaired) electrons. The molecule has 3 heteroatoms. The number of hydrogen-bond acceptors (Lipinski definition) is 1. The van der Waals surface area contributed by atoms with E-state index in [0.29, 0.717) is 21.4 Å². The first-order chi connectivity index (χ1) is 7.11. The first-order valence-electron chi connectivity index (χ1n) is 4.83. The summed E-state index contributed by atoms with van der Waals surface area (Å²) in [5.41, 5.74) is 2.61. The van der Waals surface area contributed by atoms with Crippen molar-refractivity contribution in [2.24, 2.45) is 0 Å². The summed E-state index contributed by atoms with van der Waals surface area (Å²) in [7, 11) is 0. The molecule has 0 aliphatic carbocycles. The first kappa shape index (κ1) is 12.9. The van der Waals surface area contributed by atoms with Crippen molar-refractivity contribution in [1.29, 1.82) is 0 Å². The van der Waals surface area contributed by atoms with Gasteiger partial charge in [-0.1, -0.05) is 0 Å². The van der Waals surface area contributed by atoms with Crippen LogP contribution in [-0.2, 0) is 4.79 Å². The molecular formula is C12H14OSe2. The van der Waals surface area contributed by atoms with Crippen LogP contribution in [0.15, 0.2) is 24.3 Å². The van der Waals surface area contributed by atoms with Gasteiger partial charge in [0.25, 0.3) is 0 Å². The SMILES string of the molecule is CC(=O)CC[Se]C(=[Se])c1ccccc1C. The molecule has 80 valence electrons. The summed E-state index contributed by atoms with van der Waals surface area (Å²) in [4.78, 5) is 10.8. The van der Waals surface area contributed by atoms with E-state index in [1.807, 2.05) is 0 Å². The molecule has 0 saturated heterocycles. The van der Waals surface area contributed by atoms with Crippen molar-refractivity contribution in [3.05, 3.63) is 35.4 Å². The predicted octanol–water partition coefficient (Wildman–Crippen LogP) is 1.74. The Labute approximate surface area is 105 Å². The van der Waals surface area contributed by atoms with Gasteiger partial charge in [0, 0.05) is 0 Å². The Morgan fingerprint density at radius 1 is 1.40 bits per heavy atom. The van der Waals surface area contributed by atoms with E-state index in [4.69, 9.17) is 0 Å². The Morgan fingerprint density at radius 2 is 2.07 bits per heavy atom. The van der Waals surface area contributed by atoms with Crippen molar-refractivity contribution < 1.29 is 4.79 Å². The van der Waals surface area contributed by atoms with E-state index in [0.717, 1.165) is 5.32 Å². The van der Waals surface area contributed by atoms with Crippen LogP contribution in [0, 0.1) is 6.92 Å². The molecule has 0 aliphatic rings. The van der Waals surface area contributed by atoms with Gasteiger partial charge in [-0.05, 0) is 0 Å². The molecule has 1 nitrogen and oxygen atoms in total. The fourth-order valence-corrected chi connectivity index (χ4v) is 4.57. The minimum absolute atomic E-state index is 0.287. The molecule has 0 N–H and O–H groups in total. The van der Waals surface area contributed by atoms with E-state index >= 15 is 0 Å². The van der Waals surface area contributed by atoms with E-state index in [1.165, 1.54) is 14.4 Å². The number of hydrogen-bond donors (Lipinski definition) is 0. The summed E-state index contributed by atoms with van der Waals surface area (Å²) >= 11 is 3.54. The number of Topliss-reactive ketones (excluding diaryl/α,β-unsaturated/α-hetero) is 1. The first-order valence-corrected chi connectivity index (χ1v) is 7.76. The van der Waals surface area contributed by atoms with E-state index < -0.39 is 0 Å². The van der Waals surface area contributed by atoms with Crippen LogP contribution in [0.4, 0.5) is 0 Å². The van der Waals surface area contributed by atoms with Crippen molar-refractivity contribution in [1.82, 2.24) is 0 Å². The van der Waals surface area contributed by atoms with Gasteiger partial charge in [0.2, 0.25) is 0 Å². The van der Waals surface area contributed by atoms with E-state index in [1.54, 1.807) is 6.92 Å². The van der Waals surface area contributed by atoms with Crippen LogP contribution in [0.1, 0.15) is 24.5 Å². The molecule has 15 heavy (non-hydrogen) atoms. The van der Waals surface area contributed by atoms with Crippen molar-refractivity contribution in [3.8, 4) is 0 Å². The Balaban J connectivity index is 2.54. The zero-order valence-electron chi connectivity index (χ0n) is 8.95. The molecule has 1 rings (SSSR count). The average Bonchev–Trinajstić information content (AvgIpc) is 2.17. The normalized spacial score (nSPS) is 10.0. The van der Waals surface area contributed by atoms with Gasteiger partial charge >= 0.3 is 105 Å². The average molecular weight is 332 g/mol. The third kappa shape index (κ3) is 4.44. The maximum atomic E-state index is 10.8.